The summed E-state index contributed by atoms with van der Waals surface area (Å²) < 4.78 is 6.37. The Morgan fingerprint density at radius 1 is 1.24 bits per heavy atom. The maximum absolute atomic E-state index is 11.2. The van der Waals surface area contributed by atoms with Crippen molar-refractivity contribution in [3.8, 4) is 11.5 Å². The minimum Gasteiger partial charge on any atom is -0.449 e. The van der Waals surface area contributed by atoms with E-state index >= 15 is 0 Å². The van der Waals surface area contributed by atoms with Crippen molar-refractivity contribution in [3.63, 3.8) is 0 Å². The van der Waals surface area contributed by atoms with Crippen molar-refractivity contribution in [2.45, 2.75) is 13.8 Å². The summed E-state index contributed by atoms with van der Waals surface area (Å²) in [6.45, 7) is 3.51. The first-order valence-electron chi connectivity index (χ1n) is 6.10. The van der Waals surface area contributed by atoms with Crippen molar-refractivity contribution in [1.29, 1.82) is 0 Å². The number of nitro benzene ring substituents is 1. The zero-order valence-electron chi connectivity index (χ0n) is 11.4. The number of benzene rings is 2. The first-order valence-corrected chi connectivity index (χ1v) is 6.90. The Morgan fingerprint density at radius 3 is 2.57 bits per heavy atom. The number of rotatable bonds is 4. The largest absolute Gasteiger partial charge is 0.449 e. The molecule has 0 aliphatic heterocycles. The van der Waals surface area contributed by atoms with Crippen LogP contribution in [-0.4, -0.2) is 11.2 Å². The molecule has 0 radical (unpaired) electrons. The second-order valence-corrected chi connectivity index (χ2v) is 5.50. The predicted octanol–water partition coefficient (Wildman–Crippen LogP) is 4.58. The fourth-order valence-corrected chi connectivity index (χ4v) is 2.39. The number of halogens is 1. The minimum atomic E-state index is -0.491. The molecule has 108 valence electrons. The average molecular weight is 350 g/mol. The van der Waals surface area contributed by atoms with Gasteiger partial charge < -0.3 is 4.74 Å². The molecule has 0 bridgehead atoms. The lowest BCUT2D eigenvalue weighted by Gasteiger charge is -2.11. The van der Waals surface area contributed by atoms with Crippen molar-refractivity contribution in [2.75, 3.05) is 0 Å². The van der Waals surface area contributed by atoms with Crippen LogP contribution >= 0.6 is 15.9 Å². The summed E-state index contributed by atoms with van der Waals surface area (Å²) in [7, 11) is 0. The fourth-order valence-electron chi connectivity index (χ4n) is 2.01. The van der Waals surface area contributed by atoms with Crippen LogP contribution in [0.15, 0.2) is 34.8 Å². The Bertz CT molecular complexity index is 728. The number of hydrogen-bond acceptors (Lipinski definition) is 4. The molecule has 2 aromatic carbocycles. The second-order valence-electron chi connectivity index (χ2n) is 4.59. The van der Waals surface area contributed by atoms with Crippen LogP contribution in [0.1, 0.15) is 21.5 Å². The van der Waals surface area contributed by atoms with Gasteiger partial charge in [-0.2, -0.15) is 0 Å². The lowest BCUT2D eigenvalue weighted by Crippen LogP contribution is -1.98. The Kier molecular flexibility index (Phi) is 4.37. The zero-order chi connectivity index (χ0) is 15.6. The number of nitrogens with zero attached hydrogens (tertiary/aromatic N) is 1. The molecule has 0 aliphatic rings. The fraction of sp³-hybridized carbons (Fsp3) is 0.133. The van der Waals surface area contributed by atoms with E-state index in [2.05, 4.69) is 15.9 Å². The van der Waals surface area contributed by atoms with E-state index in [0.29, 0.717) is 17.4 Å². The van der Waals surface area contributed by atoms with E-state index in [9.17, 15) is 14.9 Å². The molecule has 2 rings (SSSR count). The predicted molar refractivity (Wildman–Crippen MR) is 82.2 cm³/mol. The molecule has 0 spiro atoms. The molecule has 6 heteroatoms. The van der Waals surface area contributed by atoms with E-state index in [-0.39, 0.29) is 17.2 Å². The van der Waals surface area contributed by atoms with Gasteiger partial charge in [0.1, 0.15) is 5.75 Å². The third kappa shape index (κ3) is 3.28. The quantitative estimate of drug-likeness (QED) is 0.460. The van der Waals surface area contributed by atoms with Gasteiger partial charge in [0, 0.05) is 10.5 Å². The molecule has 0 saturated carbocycles. The molecule has 0 aromatic heterocycles. The highest BCUT2D eigenvalue weighted by Crippen LogP contribution is 2.37. The summed E-state index contributed by atoms with van der Waals surface area (Å²) >= 11 is 3.26. The van der Waals surface area contributed by atoms with Gasteiger partial charge in [-0.15, -0.1) is 0 Å². The molecule has 0 saturated heterocycles. The van der Waals surface area contributed by atoms with E-state index < -0.39 is 4.92 Å². The Balaban J connectivity index is 2.54. The van der Waals surface area contributed by atoms with Gasteiger partial charge in [-0.3, -0.25) is 14.9 Å². The first-order chi connectivity index (χ1) is 9.92. The molecule has 0 aliphatic carbocycles. The van der Waals surface area contributed by atoms with E-state index in [1.54, 1.807) is 38.1 Å². The number of carbonyl (C=O) groups is 1. The third-order valence-corrected chi connectivity index (χ3v) is 3.40. The van der Waals surface area contributed by atoms with Gasteiger partial charge in [-0.05, 0) is 43.2 Å². The van der Waals surface area contributed by atoms with Crippen LogP contribution in [0.25, 0.3) is 0 Å². The number of hydrogen-bond donors (Lipinski definition) is 0. The average Bonchev–Trinajstić information content (AvgIpc) is 2.42. The summed E-state index contributed by atoms with van der Waals surface area (Å²) in [5, 5.41) is 11.2. The van der Waals surface area contributed by atoms with Gasteiger partial charge in [0.15, 0.2) is 6.29 Å². The molecule has 0 atom stereocenters. The molecular weight excluding hydrogens is 338 g/mol. The monoisotopic (exact) mass is 349 g/mol. The summed E-state index contributed by atoms with van der Waals surface area (Å²) in [6.07, 6.45) is 0.648. The number of aldehydes is 1. The summed E-state index contributed by atoms with van der Waals surface area (Å²) in [6, 6.07) is 8.13. The maximum Gasteiger partial charge on any atom is 0.312 e. The SMILES string of the molecule is Cc1cc(C)c(Oc2ccc(Br)cc2C=O)c([N+](=O)[O-])c1. The van der Waals surface area contributed by atoms with Crippen LogP contribution in [-0.2, 0) is 0 Å². The summed E-state index contributed by atoms with van der Waals surface area (Å²) in [5.41, 5.74) is 1.62. The maximum atomic E-state index is 11.2. The van der Waals surface area contributed by atoms with Crippen molar-refractivity contribution in [1.82, 2.24) is 0 Å². The van der Waals surface area contributed by atoms with Crippen LogP contribution in [0.2, 0.25) is 0 Å². The van der Waals surface area contributed by atoms with Crippen LogP contribution in [0, 0.1) is 24.0 Å². The Morgan fingerprint density at radius 2 is 1.95 bits per heavy atom. The van der Waals surface area contributed by atoms with Gasteiger partial charge in [-0.25, -0.2) is 0 Å². The minimum absolute atomic E-state index is 0.118. The molecular formula is C15H12BrNO4. The van der Waals surface area contributed by atoms with Gasteiger partial charge in [0.25, 0.3) is 0 Å². The normalized spacial score (nSPS) is 10.2. The smallest absolute Gasteiger partial charge is 0.312 e. The zero-order valence-corrected chi connectivity index (χ0v) is 13.0. The summed E-state index contributed by atoms with van der Waals surface area (Å²) in [4.78, 5) is 21.8. The van der Waals surface area contributed by atoms with Crippen LogP contribution in [0.4, 0.5) is 5.69 Å². The van der Waals surface area contributed by atoms with Gasteiger partial charge >= 0.3 is 5.69 Å². The van der Waals surface area contributed by atoms with Crippen LogP contribution in [0.5, 0.6) is 11.5 Å². The number of ether oxygens (including phenoxy) is 1. The lowest BCUT2D eigenvalue weighted by atomic mass is 10.1. The number of carbonyl (C=O) groups excluding carboxylic acids is 1. The molecule has 21 heavy (non-hydrogen) atoms. The Labute approximate surface area is 129 Å². The molecule has 2 aromatic rings. The molecule has 0 unspecified atom stereocenters. The topological polar surface area (TPSA) is 69.4 Å². The highest BCUT2D eigenvalue weighted by Gasteiger charge is 2.20. The third-order valence-electron chi connectivity index (χ3n) is 2.91. The number of aryl methyl sites for hydroxylation is 2. The molecule has 0 heterocycles. The van der Waals surface area contributed by atoms with Gasteiger partial charge in [0.05, 0.1) is 10.5 Å². The lowest BCUT2D eigenvalue weighted by molar-refractivity contribution is -0.385. The molecule has 5 nitrogen and oxygen atoms in total. The van der Waals surface area contributed by atoms with Crippen molar-refractivity contribution in [3.05, 3.63) is 61.6 Å². The van der Waals surface area contributed by atoms with E-state index in [0.717, 1.165) is 10.0 Å². The standard InChI is InChI=1S/C15H12BrNO4/c1-9-5-10(2)15(13(6-9)17(19)20)21-14-4-3-12(16)7-11(14)8-18/h3-8H,1-2H3. The Hall–Kier alpha value is -2.21. The highest BCUT2D eigenvalue weighted by molar-refractivity contribution is 9.10. The van der Waals surface area contributed by atoms with Crippen LogP contribution < -0.4 is 4.74 Å². The van der Waals surface area contributed by atoms with Crippen molar-refractivity contribution < 1.29 is 14.5 Å². The van der Waals surface area contributed by atoms with E-state index in [1.165, 1.54) is 6.07 Å². The first kappa shape index (κ1) is 15.2. The van der Waals surface area contributed by atoms with Crippen molar-refractivity contribution in [2.24, 2.45) is 0 Å². The second kappa shape index (κ2) is 6.05. The highest BCUT2D eigenvalue weighted by atomic mass is 79.9. The number of nitro groups is 1. The van der Waals surface area contributed by atoms with Gasteiger partial charge in [0.2, 0.25) is 5.75 Å². The van der Waals surface area contributed by atoms with Gasteiger partial charge in [-0.1, -0.05) is 22.0 Å². The summed E-state index contributed by atoms with van der Waals surface area (Å²) in [5.74, 6) is 0.430. The molecule has 0 fully saturated rings. The molecule has 0 N–H and O–H groups in total. The van der Waals surface area contributed by atoms with E-state index in [1.807, 2.05) is 0 Å². The van der Waals surface area contributed by atoms with Crippen LogP contribution in [0.3, 0.4) is 0 Å². The van der Waals surface area contributed by atoms with Crippen molar-refractivity contribution >= 4 is 27.9 Å². The molecule has 0 amide bonds. The van der Waals surface area contributed by atoms with E-state index in [4.69, 9.17) is 4.74 Å².